The van der Waals surface area contributed by atoms with E-state index in [0.29, 0.717) is 19.0 Å². The average Bonchev–Trinajstić information content (AvgIpc) is 3.14. The minimum atomic E-state index is 0.201. The van der Waals surface area contributed by atoms with Crippen LogP contribution in [0.25, 0.3) is 0 Å². The number of methoxy groups -OCH3 is 1. The van der Waals surface area contributed by atoms with Crippen molar-refractivity contribution in [2.45, 2.75) is 31.8 Å². The minimum Gasteiger partial charge on any atom is -0.497 e. The number of aromatic nitrogens is 2. The van der Waals surface area contributed by atoms with Crippen LogP contribution in [0.15, 0.2) is 42.7 Å². The number of anilines is 1. The maximum absolute atomic E-state index is 12.4. The summed E-state index contributed by atoms with van der Waals surface area (Å²) in [5, 5.41) is 7.66. The predicted molar refractivity (Wildman–Crippen MR) is 93.1 cm³/mol. The van der Waals surface area contributed by atoms with Crippen molar-refractivity contribution in [3.63, 3.8) is 0 Å². The second kappa shape index (κ2) is 7.86. The van der Waals surface area contributed by atoms with Crippen molar-refractivity contribution < 1.29 is 9.53 Å². The highest BCUT2D eigenvalue weighted by Crippen LogP contribution is 2.19. The summed E-state index contributed by atoms with van der Waals surface area (Å²) in [5.74, 6) is 1.05. The van der Waals surface area contributed by atoms with Crippen molar-refractivity contribution in [3.05, 3.63) is 42.7 Å². The number of nitrogens with one attached hydrogen (secondary N) is 1. The smallest absolute Gasteiger partial charge is 0.224 e. The van der Waals surface area contributed by atoms with Crippen LogP contribution in [0.4, 0.5) is 5.69 Å². The quantitative estimate of drug-likeness (QED) is 0.884. The zero-order valence-electron chi connectivity index (χ0n) is 14.0. The molecule has 0 spiro atoms. The number of rotatable bonds is 6. The van der Waals surface area contributed by atoms with Gasteiger partial charge in [-0.05, 0) is 43.2 Å². The maximum Gasteiger partial charge on any atom is 0.224 e. The molecule has 1 aliphatic heterocycles. The van der Waals surface area contributed by atoms with Gasteiger partial charge in [-0.2, -0.15) is 5.10 Å². The molecule has 0 bridgehead atoms. The van der Waals surface area contributed by atoms with Crippen LogP contribution in [0.2, 0.25) is 0 Å². The Morgan fingerprint density at radius 3 is 2.92 bits per heavy atom. The van der Waals surface area contributed by atoms with Gasteiger partial charge in [0.05, 0.1) is 7.11 Å². The molecular formula is C18H24N4O2. The van der Waals surface area contributed by atoms with Crippen molar-refractivity contribution in [2.24, 2.45) is 0 Å². The molecule has 1 fully saturated rings. The van der Waals surface area contributed by atoms with E-state index in [1.807, 2.05) is 41.4 Å². The lowest BCUT2D eigenvalue weighted by Gasteiger charge is -2.33. The number of piperidine rings is 1. The molecule has 0 aliphatic carbocycles. The minimum absolute atomic E-state index is 0.201. The van der Waals surface area contributed by atoms with Gasteiger partial charge in [0.25, 0.3) is 0 Å². The number of aryl methyl sites for hydroxylation is 1. The number of likely N-dealkylation sites (tertiary alicyclic amines) is 1. The van der Waals surface area contributed by atoms with Gasteiger partial charge in [0.2, 0.25) is 5.91 Å². The molecule has 6 nitrogen and oxygen atoms in total. The lowest BCUT2D eigenvalue weighted by molar-refractivity contribution is -0.132. The van der Waals surface area contributed by atoms with E-state index in [2.05, 4.69) is 10.4 Å². The second-order valence-corrected chi connectivity index (χ2v) is 6.07. The van der Waals surface area contributed by atoms with Gasteiger partial charge in [-0.15, -0.1) is 0 Å². The van der Waals surface area contributed by atoms with E-state index in [4.69, 9.17) is 4.74 Å². The molecule has 6 heteroatoms. The summed E-state index contributed by atoms with van der Waals surface area (Å²) in [7, 11) is 1.66. The molecule has 1 aliphatic rings. The van der Waals surface area contributed by atoms with Crippen LogP contribution in [-0.2, 0) is 11.3 Å². The lowest BCUT2D eigenvalue weighted by atomic mass is 10.0. The van der Waals surface area contributed by atoms with Gasteiger partial charge in [-0.3, -0.25) is 9.48 Å². The summed E-state index contributed by atoms with van der Waals surface area (Å²) in [6.45, 7) is 2.24. The molecule has 3 rings (SSSR count). The van der Waals surface area contributed by atoms with Gasteiger partial charge in [0.1, 0.15) is 5.75 Å². The number of ether oxygens (including phenoxy) is 1. The topological polar surface area (TPSA) is 59.4 Å². The fourth-order valence-electron chi connectivity index (χ4n) is 3.05. The van der Waals surface area contributed by atoms with E-state index < -0.39 is 0 Å². The largest absolute Gasteiger partial charge is 0.497 e. The van der Waals surface area contributed by atoms with Crippen LogP contribution >= 0.6 is 0 Å². The van der Waals surface area contributed by atoms with Crippen molar-refractivity contribution in [2.75, 3.05) is 25.5 Å². The Balaban J connectivity index is 1.50. The Hall–Kier alpha value is -2.50. The monoisotopic (exact) mass is 328 g/mol. The van der Waals surface area contributed by atoms with Crippen molar-refractivity contribution in [1.29, 1.82) is 0 Å². The Morgan fingerprint density at radius 1 is 1.38 bits per heavy atom. The van der Waals surface area contributed by atoms with Gasteiger partial charge >= 0.3 is 0 Å². The third-order valence-corrected chi connectivity index (χ3v) is 4.35. The van der Waals surface area contributed by atoms with E-state index in [-0.39, 0.29) is 5.91 Å². The first kappa shape index (κ1) is 16.4. The van der Waals surface area contributed by atoms with Crippen LogP contribution in [0.5, 0.6) is 5.75 Å². The summed E-state index contributed by atoms with van der Waals surface area (Å²) >= 11 is 0. The van der Waals surface area contributed by atoms with Gasteiger partial charge < -0.3 is 15.0 Å². The zero-order valence-corrected chi connectivity index (χ0v) is 14.0. The van der Waals surface area contributed by atoms with E-state index >= 15 is 0 Å². The van der Waals surface area contributed by atoms with Crippen LogP contribution in [0.1, 0.15) is 19.3 Å². The molecule has 1 aromatic carbocycles. The summed E-state index contributed by atoms with van der Waals surface area (Å²) < 4.78 is 6.98. The molecule has 1 amide bonds. The van der Waals surface area contributed by atoms with Gasteiger partial charge in [0.15, 0.2) is 0 Å². The molecule has 2 heterocycles. The normalized spacial score (nSPS) is 17.5. The Bertz CT molecular complexity index is 640. The van der Waals surface area contributed by atoms with Crippen molar-refractivity contribution in [1.82, 2.24) is 14.7 Å². The molecule has 24 heavy (non-hydrogen) atoms. The lowest BCUT2D eigenvalue weighted by Crippen LogP contribution is -2.45. The van der Waals surface area contributed by atoms with Crippen LogP contribution in [-0.4, -0.2) is 46.8 Å². The maximum atomic E-state index is 12.4. The molecule has 1 aromatic heterocycles. The highest BCUT2D eigenvalue weighted by molar-refractivity contribution is 5.76. The summed E-state index contributed by atoms with van der Waals surface area (Å²) in [4.78, 5) is 14.4. The van der Waals surface area contributed by atoms with Gasteiger partial charge in [0, 0.05) is 50.2 Å². The van der Waals surface area contributed by atoms with E-state index in [1.54, 1.807) is 18.0 Å². The molecule has 1 N–H and O–H groups in total. The second-order valence-electron chi connectivity index (χ2n) is 6.07. The van der Waals surface area contributed by atoms with Crippen LogP contribution in [0.3, 0.4) is 0 Å². The number of benzene rings is 1. The first-order valence-corrected chi connectivity index (χ1v) is 8.40. The Morgan fingerprint density at radius 2 is 2.21 bits per heavy atom. The number of amides is 1. The zero-order chi connectivity index (χ0) is 16.8. The Labute approximate surface area is 142 Å². The third-order valence-electron chi connectivity index (χ3n) is 4.35. The molecule has 128 valence electrons. The first-order chi connectivity index (χ1) is 11.7. The summed E-state index contributed by atoms with van der Waals surface area (Å²) in [6.07, 6.45) is 6.23. The standard InChI is InChI=1S/C18H24N4O2/c1-24-17-7-5-15(6-8-17)20-16-4-2-11-21(14-16)18(23)9-13-22-12-3-10-19-22/h3,5-8,10,12,16,20H,2,4,9,11,13-14H2,1H3/t16-/m1/s1. The number of hydrogen-bond acceptors (Lipinski definition) is 4. The number of nitrogens with zero attached hydrogens (tertiary/aromatic N) is 3. The van der Waals surface area contributed by atoms with Gasteiger partial charge in [-0.25, -0.2) is 0 Å². The van der Waals surface area contributed by atoms with E-state index in [1.165, 1.54) is 0 Å². The predicted octanol–water partition coefficient (Wildman–Crippen LogP) is 2.38. The van der Waals surface area contributed by atoms with Crippen molar-refractivity contribution >= 4 is 11.6 Å². The average molecular weight is 328 g/mol. The first-order valence-electron chi connectivity index (χ1n) is 8.40. The number of hydrogen-bond donors (Lipinski definition) is 1. The van der Waals surface area contributed by atoms with E-state index in [9.17, 15) is 4.79 Å². The fourth-order valence-corrected chi connectivity index (χ4v) is 3.05. The molecule has 0 radical (unpaired) electrons. The van der Waals surface area contributed by atoms with Gasteiger partial charge in [-0.1, -0.05) is 0 Å². The molecular weight excluding hydrogens is 304 g/mol. The highest BCUT2D eigenvalue weighted by atomic mass is 16.5. The molecule has 1 atom stereocenters. The molecule has 0 unspecified atom stereocenters. The van der Waals surface area contributed by atoms with Crippen molar-refractivity contribution in [3.8, 4) is 5.75 Å². The SMILES string of the molecule is COc1ccc(N[C@@H]2CCCN(C(=O)CCn3cccn3)C2)cc1. The van der Waals surface area contributed by atoms with E-state index in [0.717, 1.165) is 37.4 Å². The number of carbonyl (C=O) groups is 1. The van der Waals surface area contributed by atoms with Crippen LogP contribution < -0.4 is 10.1 Å². The molecule has 1 saturated heterocycles. The third kappa shape index (κ3) is 4.28. The highest BCUT2D eigenvalue weighted by Gasteiger charge is 2.23. The molecule has 0 saturated carbocycles. The summed E-state index contributed by atoms with van der Waals surface area (Å²) in [6, 6.07) is 10.1. The fraction of sp³-hybridized carbons (Fsp3) is 0.444. The number of carbonyl (C=O) groups excluding carboxylic acids is 1. The van der Waals surface area contributed by atoms with Crippen LogP contribution in [0, 0.1) is 0 Å². The summed E-state index contributed by atoms with van der Waals surface area (Å²) in [5.41, 5.74) is 1.06. The molecule has 2 aromatic rings. The Kier molecular flexibility index (Phi) is 5.36.